The topological polar surface area (TPSA) is 104 Å². The van der Waals surface area contributed by atoms with Crippen LogP contribution < -0.4 is 16.4 Å². The summed E-state index contributed by atoms with van der Waals surface area (Å²) >= 11 is 5.93. The van der Waals surface area contributed by atoms with Crippen molar-refractivity contribution in [3.63, 3.8) is 0 Å². The molecule has 98 valence electrons. The zero-order valence-electron chi connectivity index (χ0n) is 9.95. The molecule has 0 saturated carbocycles. The highest BCUT2D eigenvalue weighted by atomic mass is 35.5. The summed E-state index contributed by atoms with van der Waals surface area (Å²) in [5.74, 6) is -1.45. The molecule has 0 saturated heterocycles. The molecule has 1 amide bonds. The Hall–Kier alpha value is -1.95. The largest absolute Gasteiger partial charge is 0.478 e. The average molecular weight is 272 g/mol. The van der Waals surface area contributed by atoms with Crippen molar-refractivity contribution >= 4 is 34.9 Å². The van der Waals surface area contributed by atoms with E-state index in [0.717, 1.165) is 0 Å². The highest BCUT2D eigenvalue weighted by molar-refractivity contribution is 6.34. The number of carboxylic acids is 1. The number of carbonyl (C=O) groups is 2. The van der Waals surface area contributed by atoms with Crippen LogP contribution in [0, 0.1) is 0 Å². The number of hydrogen-bond acceptors (Lipinski definition) is 4. The molecule has 0 aliphatic rings. The first-order chi connectivity index (χ1) is 8.36. The number of rotatable bonds is 4. The molecule has 1 atom stereocenters. The molecule has 0 bridgehead atoms. The van der Waals surface area contributed by atoms with Gasteiger partial charge in [0.05, 0.1) is 16.3 Å². The van der Waals surface area contributed by atoms with Crippen molar-refractivity contribution < 1.29 is 14.7 Å². The Balaban J connectivity index is 3.15. The molecule has 0 heterocycles. The van der Waals surface area contributed by atoms with Gasteiger partial charge in [0.15, 0.2) is 0 Å². The maximum absolute atomic E-state index is 11.4. The molecule has 5 N–H and O–H groups in total. The summed E-state index contributed by atoms with van der Waals surface area (Å²) in [6.45, 7) is 1.59. The molecular formula is C11H14ClN3O3. The smallest absolute Gasteiger partial charge is 0.337 e. The van der Waals surface area contributed by atoms with Crippen molar-refractivity contribution in [1.82, 2.24) is 5.32 Å². The summed E-state index contributed by atoms with van der Waals surface area (Å²) in [5.41, 5.74) is 5.88. The minimum absolute atomic E-state index is 0.0734. The number of aromatic carboxylic acids is 1. The number of nitrogens with two attached hydrogens (primary N) is 1. The van der Waals surface area contributed by atoms with Gasteiger partial charge in [-0.15, -0.1) is 0 Å². The molecule has 1 unspecified atom stereocenters. The maximum atomic E-state index is 11.4. The Kier molecular flexibility index (Phi) is 4.38. The lowest BCUT2D eigenvalue weighted by Crippen LogP contribution is -2.35. The van der Waals surface area contributed by atoms with E-state index in [1.807, 2.05) is 0 Å². The number of nitrogens with one attached hydrogen (secondary N) is 2. The molecule has 0 aliphatic heterocycles. The second kappa shape index (κ2) is 5.59. The fourth-order valence-electron chi connectivity index (χ4n) is 1.44. The van der Waals surface area contributed by atoms with Crippen LogP contribution in [0.2, 0.25) is 5.02 Å². The Morgan fingerprint density at radius 1 is 1.44 bits per heavy atom. The second-order valence-corrected chi connectivity index (χ2v) is 4.12. The van der Waals surface area contributed by atoms with Crippen LogP contribution >= 0.6 is 11.6 Å². The summed E-state index contributed by atoms with van der Waals surface area (Å²) < 4.78 is 0. The van der Waals surface area contributed by atoms with Crippen LogP contribution in [-0.2, 0) is 4.79 Å². The highest BCUT2D eigenvalue weighted by Gasteiger charge is 2.19. The molecule has 0 aliphatic carbocycles. The summed E-state index contributed by atoms with van der Waals surface area (Å²) in [6.07, 6.45) is 0. The van der Waals surface area contributed by atoms with Crippen LogP contribution in [0.1, 0.15) is 17.3 Å². The van der Waals surface area contributed by atoms with E-state index in [-0.39, 0.29) is 27.9 Å². The highest BCUT2D eigenvalue weighted by Crippen LogP contribution is 2.29. The molecule has 0 aromatic heterocycles. The van der Waals surface area contributed by atoms with Gasteiger partial charge in [-0.05, 0) is 19.1 Å². The van der Waals surface area contributed by atoms with Crippen molar-refractivity contribution in [2.24, 2.45) is 0 Å². The van der Waals surface area contributed by atoms with E-state index in [1.165, 1.54) is 19.2 Å². The van der Waals surface area contributed by atoms with E-state index in [9.17, 15) is 9.59 Å². The van der Waals surface area contributed by atoms with Crippen molar-refractivity contribution in [3.05, 3.63) is 22.7 Å². The Labute approximate surface area is 109 Å². The van der Waals surface area contributed by atoms with Gasteiger partial charge in [0.25, 0.3) is 0 Å². The minimum Gasteiger partial charge on any atom is -0.478 e. The molecule has 0 fully saturated rings. The molecule has 18 heavy (non-hydrogen) atoms. The van der Waals surface area contributed by atoms with Gasteiger partial charge in [-0.1, -0.05) is 11.6 Å². The van der Waals surface area contributed by atoms with Crippen LogP contribution in [0.3, 0.4) is 0 Å². The number of anilines is 2. The predicted molar refractivity (Wildman–Crippen MR) is 70.0 cm³/mol. The Morgan fingerprint density at radius 3 is 2.56 bits per heavy atom. The van der Waals surface area contributed by atoms with E-state index < -0.39 is 12.0 Å². The molecule has 1 aromatic rings. The molecule has 0 radical (unpaired) electrons. The summed E-state index contributed by atoms with van der Waals surface area (Å²) in [7, 11) is 1.49. The minimum atomic E-state index is -1.17. The average Bonchev–Trinajstić information content (AvgIpc) is 2.30. The van der Waals surface area contributed by atoms with E-state index >= 15 is 0 Å². The predicted octanol–water partition coefficient (Wildman–Crippen LogP) is 1.17. The Bertz CT molecular complexity index is 491. The van der Waals surface area contributed by atoms with E-state index in [0.29, 0.717) is 0 Å². The fraction of sp³-hybridized carbons (Fsp3) is 0.273. The van der Waals surface area contributed by atoms with Gasteiger partial charge >= 0.3 is 5.97 Å². The van der Waals surface area contributed by atoms with Crippen LogP contribution in [0.5, 0.6) is 0 Å². The van der Waals surface area contributed by atoms with Gasteiger partial charge in [0.1, 0.15) is 6.04 Å². The first kappa shape index (κ1) is 14.1. The third-order valence-corrected chi connectivity index (χ3v) is 2.64. The third kappa shape index (κ3) is 3.04. The standard InChI is InChI=1S/C11H14ClN3O3/c1-5(10(16)14-2)15-9-7(11(17)18)3-6(13)4-8(9)12/h3-5,15H,13H2,1-2H3,(H,14,16)(H,17,18). The maximum Gasteiger partial charge on any atom is 0.337 e. The zero-order chi connectivity index (χ0) is 13.9. The van der Waals surface area contributed by atoms with Gasteiger partial charge in [0.2, 0.25) is 5.91 Å². The molecule has 1 aromatic carbocycles. The number of halogens is 1. The van der Waals surface area contributed by atoms with Crippen LogP contribution in [0.25, 0.3) is 0 Å². The number of carboxylic acid groups (broad SMARTS) is 1. The van der Waals surface area contributed by atoms with Gasteiger partial charge in [0, 0.05) is 12.7 Å². The Morgan fingerprint density at radius 2 is 2.06 bits per heavy atom. The van der Waals surface area contributed by atoms with Crippen LogP contribution in [-0.4, -0.2) is 30.1 Å². The summed E-state index contributed by atoms with van der Waals surface area (Å²) in [6, 6.07) is 2.09. The third-order valence-electron chi connectivity index (χ3n) is 2.34. The number of carbonyl (C=O) groups excluding carboxylic acids is 1. The van der Waals surface area contributed by atoms with Crippen molar-refractivity contribution in [3.8, 4) is 0 Å². The lowest BCUT2D eigenvalue weighted by Gasteiger charge is -2.17. The number of amides is 1. The molecule has 0 spiro atoms. The lowest BCUT2D eigenvalue weighted by molar-refractivity contribution is -0.121. The molecule has 1 rings (SSSR count). The van der Waals surface area contributed by atoms with Gasteiger partial charge < -0.3 is 21.5 Å². The van der Waals surface area contributed by atoms with E-state index in [4.69, 9.17) is 22.4 Å². The quantitative estimate of drug-likeness (QED) is 0.615. The van der Waals surface area contributed by atoms with Crippen LogP contribution in [0.15, 0.2) is 12.1 Å². The van der Waals surface area contributed by atoms with Gasteiger partial charge in [-0.2, -0.15) is 0 Å². The second-order valence-electron chi connectivity index (χ2n) is 3.71. The number of benzene rings is 1. The van der Waals surface area contributed by atoms with Crippen molar-refractivity contribution in [2.75, 3.05) is 18.1 Å². The van der Waals surface area contributed by atoms with Crippen molar-refractivity contribution in [2.45, 2.75) is 13.0 Å². The molecular weight excluding hydrogens is 258 g/mol. The number of hydrogen-bond donors (Lipinski definition) is 4. The summed E-state index contributed by atoms with van der Waals surface area (Å²) in [5, 5.41) is 14.4. The van der Waals surface area contributed by atoms with Crippen molar-refractivity contribution in [1.29, 1.82) is 0 Å². The number of nitrogen functional groups attached to an aromatic ring is 1. The molecule has 7 heteroatoms. The van der Waals surface area contributed by atoms with E-state index in [2.05, 4.69) is 10.6 Å². The first-order valence-electron chi connectivity index (χ1n) is 5.17. The number of likely N-dealkylation sites (N-methyl/N-ethyl adjacent to an activating group) is 1. The van der Waals surface area contributed by atoms with Gasteiger partial charge in [-0.25, -0.2) is 4.79 Å². The van der Waals surface area contributed by atoms with E-state index in [1.54, 1.807) is 6.92 Å². The normalized spacial score (nSPS) is 11.7. The zero-order valence-corrected chi connectivity index (χ0v) is 10.7. The first-order valence-corrected chi connectivity index (χ1v) is 5.55. The lowest BCUT2D eigenvalue weighted by atomic mass is 10.1. The monoisotopic (exact) mass is 271 g/mol. The van der Waals surface area contributed by atoms with Crippen LogP contribution in [0.4, 0.5) is 11.4 Å². The SMILES string of the molecule is CNC(=O)C(C)Nc1c(Cl)cc(N)cc1C(=O)O. The molecule has 6 nitrogen and oxygen atoms in total. The van der Waals surface area contributed by atoms with Gasteiger partial charge in [-0.3, -0.25) is 4.79 Å². The summed E-state index contributed by atoms with van der Waals surface area (Å²) in [4.78, 5) is 22.5. The fourth-order valence-corrected chi connectivity index (χ4v) is 1.72.